The quantitative estimate of drug-likeness (QED) is 0.531. The van der Waals surface area contributed by atoms with Crippen LogP contribution in [0.2, 0.25) is 5.02 Å². The van der Waals surface area contributed by atoms with Crippen LogP contribution >= 0.6 is 11.6 Å². The van der Waals surface area contributed by atoms with Gasteiger partial charge in [-0.1, -0.05) is 61.0 Å². The van der Waals surface area contributed by atoms with E-state index < -0.39 is 0 Å². The zero-order chi connectivity index (χ0) is 20.9. The van der Waals surface area contributed by atoms with Crippen molar-refractivity contribution in [2.45, 2.75) is 25.9 Å². The number of furan rings is 1. The number of hydrogen-bond donors (Lipinski definition) is 0. The zero-order valence-corrected chi connectivity index (χ0v) is 17.6. The minimum Gasteiger partial charge on any atom is -0.467 e. The Labute approximate surface area is 181 Å². The summed E-state index contributed by atoms with van der Waals surface area (Å²) in [6.07, 6.45) is 2.23. The first kappa shape index (κ1) is 20.4. The van der Waals surface area contributed by atoms with Crippen molar-refractivity contribution in [1.82, 2.24) is 9.91 Å². The predicted octanol–water partition coefficient (Wildman–Crippen LogP) is 5.13. The number of benzene rings is 2. The lowest BCUT2D eigenvalue weighted by Gasteiger charge is -2.25. The third-order valence-corrected chi connectivity index (χ3v) is 5.52. The number of likely N-dealkylation sites (N-methyl/N-ethyl adjacent to an activating group) is 1. The Balaban J connectivity index is 1.54. The monoisotopic (exact) mass is 421 g/mol. The Morgan fingerprint density at radius 2 is 1.90 bits per heavy atom. The van der Waals surface area contributed by atoms with Gasteiger partial charge in [0, 0.05) is 18.0 Å². The highest BCUT2D eigenvalue weighted by atomic mass is 35.5. The summed E-state index contributed by atoms with van der Waals surface area (Å²) in [5.74, 6) is 0.695. The normalized spacial score (nSPS) is 16.2. The van der Waals surface area contributed by atoms with E-state index in [4.69, 9.17) is 21.1 Å². The number of rotatable bonds is 7. The number of carbonyl (C=O) groups excluding carboxylic acids is 1. The number of halogens is 1. The minimum absolute atomic E-state index is 0.0434. The van der Waals surface area contributed by atoms with E-state index in [0.717, 1.165) is 30.1 Å². The molecule has 1 amide bonds. The van der Waals surface area contributed by atoms with Crippen LogP contribution in [0.1, 0.15) is 36.3 Å². The topological polar surface area (TPSA) is 49.1 Å². The van der Waals surface area contributed by atoms with E-state index in [1.54, 1.807) is 11.3 Å². The molecular weight excluding hydrogens is 398 g/mol. The van der Waals surface area contributed by atoms with Crippen LogP contribution in [0.5, 0.6) is 0 Å². The zero-order valence-electron chi connectivity index (χ0n) is 16.9. The molecule has 154 valence electrons. The van der Waals surface area contributed by atoms with Gasteiger partial charge in [0.1, 0.15) is 11.8 Å². The number of hydrogen-bond acceptors (Lipinski definition) is 4. The van der Waals surface area contributed by atoms with E-state index in [1.807, 2.05) is 54.6 Å². The predicted molar refractivity (Wildman–Crippen MR) is 118 cm³/mol. The van der Waals surface area contributed by atoms with Crippen LogP contribution in [-0.2, 0) is 11.3 Å². The van der Waals surface area contributed by atoms with Crippen molar-refractivity contribution in [2.75, 3.05) is 13.1 Å². The molecule has 1 aromatic heterocycles. The molecule has 0 N–H and O–H groups in total. The van der Waals surface area contributed by atoms with Gasteiger partial charge in [0.25, 0.3) is 5.91 Å². The number of hydrazone groups is 1. The van der Waals surface area contributed by atoms with E-state index in [0.29, 0.717) is 18.0 Å². The van der Waals surface area contributed by atoms with Gasteiger partial charge in [-0.3, -0.25) is 9.69 Å². The maximum absolute atomic E-state index is 13.3. The summed E-state index contributed by atoms with van der Waals surface area (Å²) in [7, 11) is 0. The second kappa shape index (κ2) is 9.28. The maximum atomic E-state index is 13.3. The maximum Gasteiger partial charge on any atom is 0.257 e. The molecule has 0 aliphatic carbocycles. The van der Waals surface area contributed by atoms with Gasteiger partial charge in [-0.2, -0.15) is 5.10 Å². The van der Waals surface area contributed by atoms with Crippen LogP contribution in [0.25, 0.3) is 0 Å². The van der Waals surface area contributed by atoms with Crippen molar-refractivity contribution >= 4 is 23.2 Å². The van der Waals surface area contributed by atoms with Crippen molar-refractivity contribution in [3.05, 3.63) is 94.9 Å². The molecule has 0 radical (unpaired) electrons. The summed E-state index contributed by atoms with van der Waals surface area (Å²) >= 11 is 6.02. The number of carbonyl (C=O) groups is 1. The van der Waals surface area contributed by atoms with E-state index in [-0.39, 0.29) is 11.9 Å². The van der Waals surface area contributed by atoms with Gasteiger partial charge in [-0.05, 0) is 41.9 Å². The first-order valence-corrected chi connectivity index (χ1v) is 10.5. The van der Waals surface area contributed by atoms with Gasteiger partial charge in [-0.15, -0.1) is 0 Å². The Morgan fingerprint density at radius 1 is 1.13 bits per heavy atom. The third-order valence-electron chi connectivity index (χ3n) is 5.27. The lowest BCUT2D eigenvalue weighted by Crippen LogP contribution is -2.37. The van der Waals surface area contributed by atoms with Crippen LogP contribution < -0.4 is 0 Å². The molecule has 5 nitrogen and oxygen atoms in total. The molecule has 30 heavy (non-hydrogen) atoms. The van der Waals surface area contributed by atoms with Crippen molar-refractivity contribution in [2.24, 2.45) is 5.10 Å². The highest BCUT2D eigenvalue weighted by Gasteiger charge is 2.35. The van der Waals surface area contributed by atoms with Crippen LogP contribution in [0.3, 0.4) is 0 Å². The summed E-state index contributed by atoms with van der Waals surface area (Å²) in [5.41, 5.74) is 3.00. The van der Waals surface area contributed by atoms with E-state index in [2.05, 4.69) is 24.0 Å². The van der Waals surface area contributed by atoms with Crippen LogP contribution in [0.4, 0.5) is 0 Å². The van der Waals surface area contributed by atoms with E-state index >= 15 is 0 Å². The second-order valence-corrected chi connectivity index (χ2v) is 7.75. The largest absolute Gasteiger partial charge is 0.467 e. The summed E-state index contributed by atoms with van der Waals surface area (Å²) < 4.78 is 5.63. The Morgan fingerprint density at radius 3 is 2.57 bits per heavy atom. The van der Waals surface area contributed by atoms with Gasteiger partial charge in [-0.25, -0.2) is 5.01 Å². The molecule has 2 heterocycles. The molecule has 3 aromatic rings. The summed E-state index contributed by atoms with van der Waals surface area (Å²) in [6, 6.07) is 21.2. The molecule has 1 unspecified atom stereocenters. The molecule has 1 aliphatic heterocycles. The van der Waals surface area contributed by atoms with Crippen molar-refractivity contribution in [1.29, 1.82) is 0 Å². The second-order valence-electron chi connectivity index (χ2n) is 7.32. The average Bonchev–Trinajstić information content (AvgIpc) is 3.44. The molecule has 1 aliphatic rings. The fourth-order valence-corrected chi connectivity index (χ4v) is 3.77. The molecule has 1 atom stereocenters. The molecule has 0 saturated heterocycles. The van der Waals surface area contributed by atoms with Gasteiger partial charge in [0.15, 0.2) is 0 Å². The molecule has 0 saturated carbocycles. The lowest BCUT2D eigenvalue weighted by atomic mass is 10.0. The highest BCUT2D eigenvalue weighted by Crippen LogP contribution is 2.33. The van der Waals surface area contributed by atoms with Gasteiger partial charge in [0.05, 0.1) is 18.5 Å². The van der Waals surface area contributed by atoms with Crippen LogP contribution in [0.15, 0.2) is 82.5 Å². The number of amides is 1. The Hall–Kier alpha value is -2.89. The molecule has 2 aromatic carbocycles. The van der Waals surface area contributed by atoms with E-state index in [9.17, 15) is 4.79 Å². The van der Waals surface area contributed by atoms with Gasteiger partial charge in [0.2, 0.25) is 0 Å². The first-order valence-electron chi connectivity index (χ1n) is 10.1. The van der Waals surface area contributed by atoms with Crippen molar-refractivity contribution < 1.29 is 9.21 Å². The Bertz CT molecular complexity index is 1000. The molecule has 0 bridgehead atoms. The summed E-state index contributed by atoms with van der Waals surface area (Å²) in [6.45, 7) is 3.84. The van der Waals surface area contributed by atoms with Gasteiger partial charge < -0.3 is 4.42 Å². The summed E-state index contributed by atoms with van der Waals surface area (Å²) in [5, 5.41) is 6.94. The van der Waals surface area contributed by atoms with Crippen LogP contribution in [-0.4, -0.2) is 34.6 Å². The van der Waals surface area contributed by atoms with Crippen molar-refractivity contribution in [3.63, 3.8) is 0 Å². The molecular formula is C24H24ClN3O2. The highest BCUT2D eigenvalue weighted by molar-refractivity contribution is 6.30. The molecule has 6 heteroatoms. The van der Waals surface area contributed by atoms with Crippen molar-refractivity contribution in [3.8, 4) is 0 Å². The number of nitrogens with zero attached hydrogens (tertiary/aromatic N) is 3. The molecule has 4 rings (SSSR count). The average molecular weight is 422 g/mol. The Kier molecular flexibility index (Phi) is 6.31. The lowest BCUT2D eigenvalue weighted by molar-refractivity contribution is -0.134. The minimum atomic E-state index is -0.242. The summed E-state index contributed by atoms with van der Waals surface area (Å²) in [4.78, 5) is 15.4. The van der Waals surface area contributed by atoms with Crippen LogP contribution in [0, 0.1) is 0 Å². The smallest absolute Gasteiger partial charge is 0.257 e. The fourth-order valence-electron chi connectivity index (χ4n) is 3.64. The molecule has 0 fully saturated rings. The third kappa shape index (κ3) is 4.64. The first-order chi connectivity index (χ1) is 14.6. The standard InChI is InChI=1S/C24H24ClN3O2/c1-2-27(16-18-7-4-3-5-8-18)17-24(29)28-22(23-9-6-14-30-23)15-21(26-28)19-10-12-20(25)13-11-19/h3-14,22H,2,15-17H2,1H3. The van der Waals surface area contributed by atoms with E-state index in [1.165, 1.54) is 5.56 Å². The van der Waals surface area contributed by atoms with Gasteiger partial charge >= 0.3 is 0 Å². The molecule has 0 spiro atoms. The fraction of sp³-hybridized carbons (Fsp3) is 0.250. The SMILES string of the molecule is CCN(CC(=O)N1N=C(c2ccc(Cl)cc2)CC1c1ccco1)Cc1ccccc1.